The summed E-state index contributed by atoms with van der Waals surface area (Å²) in [6.07, 6.45) is 1.59. The molecule has 2 aromatic heterocycles. The number of aryl methyl sites for hydroxylation is 1. The topological polar surface area (TPSA) is 104 Å². The van der Waals surface area contributed by atoms with Gasteiger partial charge >= 0.3 is 12.0 Å². The Morgan fingerprint density at radius 3 is 2.84 bits per heavy atom. The lowest BCUT2D eigenvalue weighted by Crippen LogP contribution is -2.28. The highest BCUT2D eigenvalue weighted by Crippen LogP contribution is 2.17. The number of hydrogen-bond donors (Lipinski definition) is 3. The highest BCUT2D eigenvalue weighted by Gasteiger charge is 2.14. The van der Waals surface area contributed by atoms with E-state index in [2.05, 4.69) is 20.6 Å². The van der Waals surface area contributed by atoms with Gasteiger partial charge in [0.1, 0.15) is 9.88 Å². The van der Waals surface area contributed by atoms with Crippen molar-refractivity contribution in [2.24, 2.45) is 0 Å². The number of hydrogen-bond acceptors (Lipinski definition) is 6. The maximum atomic E-state index is 11.5. The predicted octanol–water partition coefficient (Wildman–Crippen LogP) is 1.93. The Morgan fingerprint density at radius 2 is 2.26 bits per heavy atom. The summed E-state index contributed by atoms with van der Waals surface area (Å²) in [5.41, 5.74) is 0.453. The van der Waals surface area contributed by atoms with Gasteiger partial charge in [-0.15, -0.1) is 22.7 Å². The first kappa shape index (κ1) is 13.4. The van der Waals surface area contributed by atoms with Gasteiger partial charge in [0.25, 0.3) is 0 Å². The minimum atomic E-state index is -1.01. The number of rotatable bonds is 4. The van der Waals surface area contributed by atoms with Crippen LogP contribution in [0, 0.1) is 6.92 Å². The Balaban J connectivity index is 1.90. The summed E-state index contributed by atoms with van der Waals surface area (Å²) < 4.78 is 0. The van der Waals surface area contributed by atoms with E-state index in [0.29, 0.717) is 15.8 Å². The smallest absolute Gasteiger partial charge is 0.347 e. The van der Waals surface area contributed by atoms with Crippen molar-refractivity contribution in [2.75, 3.05) is 5.32 Å². The molecule has 0 atom stereocenters. The van der Waals surface area contributed by atoms with Crippen LogP contribution in [-0.4, -0.2) is 27.1 Å². The molecule has 2 heterocycles. The van der Waals surface area contributed by atoms with Crippen LogP contribution in [0.2, 0.25) is 0 Å². The maximum absolute atomic E-state index is 11.5. The number of urea groups is 1. The Hall–Kier alpha value is -2.00. The molecule has 0 saturated heterocycles. The SMILES string of the molecule is Cc1nc(CNC(=O)Nc2nccs2)sc1C(=O)O. The van der Waals surface area contributed by atoms with Crippen molar-refractivity contribution in [3.05, 3.63) is 27.2 Å². The van der Waals surface area contributed by atoms with Gasteiger partial charge in [-0.25, -0.2) is 19.6 Å². The first-order valence-electron chi connectivity index (χ1n) is 5.20. The zero-order chi connectivity index (χ0) is 13.8. The fourth-order valence-corrected chi connectivity index (χ4v) is 2.68. The van der Waals surface area contributed by atoms with E-state index >= 15 is 0 Å². The van der Waals surface area contributed by atoms with Crippen LogP contribution in [0.15, 0.2) is 11.6 Å². The van der Waals surface area contributed by atoms with E-state index in [1.165, 1.54) is 11.3 Å². The first-order chi connectivity index (χ1) is 9.06. The third-order valence-corrected chi connectivity index (χ3v) is 3.92. The second-order valence-electron chi connectivity index (χ2n) is 3.47. The molecular weight excluding hydrogens is 288 g/mol. The Bertz CT molecular complexity index is 594. The molecule has 2 rings (SSSR count). The van der Waals surface area contributed by atoms with Crippen LogP contribution in [0.5, 0.6) is 0 Å². The molecule has 0 aromatic carbocycles. The standard InChI is InChI=1S/C10H10N4O3S2/c1-5-7(8(15)16)19-6(13-5)4-12-9(17)14-10-11-2-3-18-10/h2-3H,4H2,1H3,(H,15,16)(H2,11,12,14,17). The van der Waals surface area contributed by atoms with Gasteiger partial charge in [-0.1, -0.05) is 0 Å². The fraction of sp³-hybridized carbons (Fsp3) is 0.200. The Kier molecular flexibility index (Phi) is 4.07. The molecule has 0 spiro atoms. The van der Waals surface area contributed by atoms with Gasteiger partial charge in [0.2, 0.25) is 0 Å². The Morgan fingerprint density at radius 1 is 1.47 bits per heavy atom. The molecule has 19 heavy (non-hydrogen) atoms. The zero-order valence-corrected chi connectivity index (χ0v) is 11.5. The number of carbonyl (C=O) groups is 2. The fourth-order valence-electron chi connectivity index (χ4n) is 1.31. The number of amides is 2. The molecule has 0 unspecified atom stereocenters. The van der Waals surface area contributed by atoms with Gasteiger partial charge in [-0.3, -0.25) is 5.32 Å². The number of carboxylic acids is 1. The first-order valence-corrected chi connectivity index (χ1v) is 6.90. The van der Waals surface area contributed by atoms with Gasteiger partial charge in [-0.2, -0.15) is 0 Å². The van der Waals surface area contributed by atoms with Crippen molar-refractivity contribution >= 4 is 39.8 Å². The van der Waals surface area contributed by atoms with E-state index in [1.54, 1.807) is 18.5 Å². The van der Waals surface area contributed by atoms with E-state index in [1.807, 2.05) is 0 Å². The van der Waals surface area contributed by atoms with Crippen molar-refractivity contribution in [3.63, 3.8) is 0 Å². The van der Waals surface area contributed by atoms with E-state index in [-0.39, 0.29) is 11.4 Å². The third-order valence-electron chi connectivity index (χ3n) is 2.09. The summed E-state index contributed by atoms with van der Waals surface area (Å²) in [5, 5.41) is 16.8. The summed E-state index contributed by atoms with van der Waals surface area (Å²) in [5.74, 6) is -1.01. The number of aromatic nitrogens is 2. The van der Waals surface area contributed by atoms with Crippen LogP contribution in [-0.2, 0) is 6.54 Å². The molecule has 0 aliphatic rings. The molecule has 0 bridgehead atoms. The highest BCUT2D eigenvalue weighted by atomic mass is 32.1. The second kappa shape index (κ2) is 5.76. The van der Waals surface area contributed by atoms with Crippen LogP contribution in [0.1, 0.15) is 20.4 Å². The normalized spacial score (nSPS) is 10.2. The number of nitrogens with one attached hydrogen (secondary N) is 2. The number of anilines is 1. The number of aromatic carboxylic acids is 1. The molecule has 9 heteroatoms. The average molecular weight is 298 g/mol. The minimum Gasteiger partial charge on any atom is -0.477 e. The van der Waals surface area contributed by atoms with Gasteiger partial charge in [0.05, 0.1) is 12.2 Å². The van der Waals surface area contributed by atoms with E-state index in [0.717, 1.165) is 11.3 Å². The third kappa shape index (κ3) is 3.48. The highest BCUT2D eigenvalue weighted by molar-refractivity contribution is 7.14. The molecule has 2 amide bonds. The maximum Gasteiger partial charge on any atom is 0.347 e. The van der Waals surface area contributed by atoms with Gasteiger partial charge < -0.3 is 10.4 Å². The van der Waals surface area contributed by atoms with Crippen molar-refractivity contribution < 1.29 is 14.7 Å². The molecule has 3 N–H and O–H groups in total. The lowest BCUT2D eigenvalue weighted by atomic mass is 10.4. The number of carbonyl (C=O) groups excluding carboxylic acids is 1. The van der Waals surface area contributed by atoms with Crippen molar-refractivity contribution in [3.8, 4) is 0 Å². The monoisotopic (exact) mass is 298 g/mol. The summed E-state index contributed by atoms with van der Waals surface area (Å²) in [6.45, 7) is 1.80. The van der Waals surface area contributed by atoms with Gasteiger partial charge in [-0.05, 0) is 6.92 Å². The minimum absolute atomic E-state index is 0.177. The predicted molar refractivity (Wildman–Crippen MR) is 71.8 cm³/mol. The van der Waals surface area contributed by atoms with Crippen LogP contribution in [0.3, 0.4) is 0 Å². The molecule has 0 fully saturated rings. The summed E-state index contributed by atoms with van der Waals surface area (Å²) in [4.78, 5) is 30.5. The summed E-state index contributed by atoms with van der Waals surface area (Å²) in [7, 11) is 0. The Labute approximate surface area is 116 Å². The molecule has 0 saturated carbocycles. The van der Waals surface area contributed by atoms with Crippen LogP contribution < -0.4 is 10.6 Å². The molecule has 7 nitrogen and oxygen atoms in total. The zero-order valence-electron chi connectivity index (χ0n) is 9.84. The van der Waals surface area contributed by atoms with Crippen molar-refractivity contribution in [1.82, 2.24) is 15.3 Å². The second-order valence-corrected chi connectivity index (χ2v) is 5.45. The molecule has 0 radical (unpaired) electrons. The van der Waals surface area contributed by atoms with Gasteiger partial charge in [0, 0.05) is 11.6 Å². The van der Waals surface area contributed by atoms with E-state index in [9.17, 15) is 9.59 Å². The number of nitrogens with zero attached hydrogens (tertiary/aromatic N) is 2. The van der Waals surface area contributed by atoms with Crippen molar-refractivity contribution in [1.29, 1.82) is 0 Å². The molecular formula is C10H10N4O3S2. The van der Waals surface area contributed by atoms with Gasteiger partial charge in [0.15, 0.2) is 5.13 Å². The number of carboxylic acid groups (broad SMARTS) is 1. The van der Waals surface area contributed by atoms with Crippen LogP contribution in [0.25, 0.3) is 0 Å². The molecule has 0 aliphatic carbocycles. The molecule has 2 aromatic rings. The lowest BCUT2D eigenvalue weighted by molar-refractivity contribution is 0.0701. The number of thiazole rings is 2. The molecule has 100 valence electrons. The quantitative estimate of drug-likeness (QED) is 0.800. The van der Waals surface area contributed by atoms with Crippen LogP contribution >= 0.6 is 22.7 Å². The van der Waals surface area contributed by atoms with E-state index in [4.69, 9.17) is 5.11 Å². The summed E-state index contributed by atoms with van der Waals surface area (Å²) >= 11 is 2.36. The largest absolute Gasteiger partial charge is 0.477 e. The van der Waals surface area contributed by atoms with E-state index < -0.39 is 12.0 Å². The lowest BCUT2D eigenvalue weighted by Gasteiger charge is -2.02. The van der Waals surface area contributed by atoms with Crippen molar-refractivity contribution in [2.45, 2.75) is 13.5 Å². The summed E-state index contributed by atoms with van der Waals surface area (Å²) in [6, 6.07) is -0.403. The average Bonchev–Trinajstić information content (AvgIpc) is 2.96. The van der Waals surface area contributed by atoms with Crippen LogP contribution in [0.4, 0.5) is 9.93 Å². The molecule has 0 aliphatic heterocycles.